The van der Waals surface area contributed by atoms with Crippen LogP contribution in [0.4, 0.5) is 0 Å². The molecule has 2 aliphatic rings. The molecule has 1 aliphatic heterocycles. The van der Waals surface area contributed by atoms with E-state index in [1.165, 1.54) is 12.8 Å². The van der Waals surface area contributed by atoms with E-state index in [2.05, 4.69) is 0 Å². The monoisotopic (exact) mass is 317 g/mol. The van der Waals surface area contributed by atoms with Gasteiger partial charge in [-0.1, -0.05) is 25.0 Å². The number of piperidine rings is 1. The molecule has 1 saturated carbocycles. The molecule has 0 unspecified atom stereocenters. The topological polar surface area (TPSA) is 49.8 Å². The van der Waals surface area contributed by atoms with Crippen molar-refractivity contribution in [2.24, 2.45) is 11.3 Å². The number of nitrogens with zero attached hydrogens (tertiary/aromatic N) is 1. The maximum atomic E-state index is 13.1. The van der Waals surface area contributed by atoms with Gasteiger partial charge in [0.25, 0.3) is 5.91 Å². The summed E-state index contributed by atoms with van der Waals surface area (Å²) in [7, 11) is 1.60. The molecule has 126 valence electrons. The van der Waals surface area contributed by atoms with Crippen LogP contribution in [-0.2, 0) is 0 Å². The molecule has 1 aromatic rings. The zero-order valence-electron chi connectivity index (χ0n) is 14.2. The van der Waals surface area contributed by atoms with E-state index in [0.717, 1.165) is 37.3 Å². The van der Waals surface area contributed by atoms with Crippen LogP contribution in [0.2, 0.25) is 0 Å². The second-order valence-corrected chi connectivity index (χ2v) is 7.29. The van der Waals surface area contributed by atoms with Gasteiger partial charge in [0.1, 0.15) is 5.75 Å². The predicted octanol–water partition coefficient (Wildman–Crippen LogP) is 3.02. The van der Waals surface area contributed by atoms with Gasteiger partial charge < -0.3 is 14.7 Å². The van der Waals surface area contributed by atoms with Crippen molar-refractivity contribution in [3.63, 3.8) is 0 Å². The highest BCUT2D eigenvalue weighted by molar-refractivity contribution is 5.98. The number of aliphatic hydroxyl groups is 1. The summed E-state index contributed by atoms with van der Waals surface area (Å²) in [6.45, 7) is 3.56. The number of ether oxygens (including phenoxy) is 1. The summed E-state index contributed by atoms with van der Waals surface area (Å²) < 4.78 is 5.39. The summed E-state index contributed by atoms with van der Waals surface area (Å²) in [5.41, 5.74) is 1.50. The highest BCUT2D eigenvalue weighted by Gasteiger charge is 2.41. The van der Waals surface area contributed by atoms with Crippen molar-refractivity contribution in [2.75, 3.05) is 26.8 Å². The fourth-order valence-electron chi connectivity index (χ4n) is 3.92. The highest BCUT2D eigenvalue weighted by Crippen LogP contribution is 2.44. The number of amides is 1. The molecule has 3 rings (SSSR count). The number of hydrogen-bond acceptors (Lipinski definition) is 3. The predicted molar refractivity (Wildman–Crippen MR) is 89.7 cm³/mol. The molecule has 0 spiro atoms. The second kappa shape index (κ2) is 6.52. The number of carbonyl (C=O) groups is 1. The second-order valence-electron chi connectivity index (χ2n) is 7.29. The highest BCUT2D eigenvalue weighted by atomic mass is 16.5. The molecular formula is C19H27NO3. The van der Waals surface area contributed by atoms with Crippen LogP contribution in [0.15, 0.2) is 18.2 Å². The summed E-state index contributed by atoms with van der Waals surface area (Å²) in [5, 5.41) is 9.98. The first-order valence-corrected chi connectivity index (χ1v) is 8.62. The lowest BCUT2D eigenvalue weighted by atomic mass is 9.76. The van der Waals surface area contributed by atoms with E-state index in [0.29, 0.717) is 17.9 Å². The van der Waals surface area contributed by atoms with Crippen LogP contribution in [0, 0.1) is 18.3 Å². The number of carbonyl (C=O) groups excluding carboxylic acids is 1. The maximum absolute atomic E-state index is 13.1. The van der Waals surface area contributed by atoms with E-state index < -0.39 is 0 Å². The average molecular weight is 317 g/mol. The fourth-order valence-corrected chi connectivity index (χ4v) is 3.92. The van der Waals surface area contributed by atoms with Gasteiger partial charge in [-0.25, -0.2) is 0 Å². The van der Waals surface area contributed by atoms with Gasteiger partial charge in [-0.15, -0.1) is 0 Å². The molecule has 1 aromatic carbocycles. The van der Waals surface area contributed by atoms with Crippen LogP contribution in [0.25, 0.3) is 0 Å². The third kappa shape index (κ3) is 3.37. The minimum atomic E-state index is -0.106. The SMILES string of the molecule is COc1cccc(C)c1C(=O)N1CCC[C@@](CO)(CC2CC2)C1. The van der Waals surface area contributed by atoms with Gasteiger partial charge in [0, 0.05) is 18.5 Å². The molecule has 4 heteroatoms. The Morgan fingerprint density at radius 3 is 2.87 bits per heavy atom. The Hall–Kier alpha value is -1.55. The Labute approximate surface area is 138 Å². The van der Waals surface area contributed by atoms with Crippen LogP contribution in [0.3, 0.4) is 0 Å². The Kier molecular flexibility index (Phi) is 4.62. The largest absolute Gasteiger partial charge is 0.496 e. The molecule has 0 bridgehead atoms. The van der Waals surface area contributed by atoms with Crippen molar-refractivity contribution in [1.82, 2.24) is 4.90 Å². The van der Waals surface area contributed by atoms with Gasteiger partial charge >= 0.3 is 0 Å². The summed E-state index contributed by atoms with van der Waals surface area (Å²) in [4.78, 5) is 15.0. The first kappa shape index (κ1) is 16.3. The molecule has 1 aliphatic carbocycles. The number of aryl methyl sites for hydroxylation is 1. The molecule has 0 aromatic heterocycles. The van der Waals surface area contributed by atoms with E-state index in [9.17, 15) is 9.90 Å². The number of methoxy groups -OCH3 is 1. The standard InChI is InChI=1S/C19H27NO3/c1-14-5-3-6-16(23-2)17(14)18(22)20-10-4-9-19(12-20,13-21)11-15-7-8-15/h3,5-6,15,21H,4,7-13H2,1-2H3/t19-/m1/s1. The van der Waals surface area contributed by atoms with Crippen molar-refractivity contribution < 1.29 is 14.6 Å². The van der Waals surface area contributed by atoms with Crippen LogP contribution >= 0.6 is 0 Å². The smallest absolute Gasteiger partial charge is 0.257 e. The van der Waals surface area contributed by atoms with Crippen molar-refractivity contribution in [2.45, 2.75) is 39.0 Å². The third-order valence-electron chi connectivity index (χ3n) is 5.37. The van der Waals surface area contributed by atoms with E-state index in [1.54, 1.807) is 7.11 Å². The Morgan fingerprint density at radius 1 is 1.43 bits per heavy atom. The molecule has 1 atom stereocenters. The molecule has 0 radical (unpaired) electrons. The third-order valence-corrected chi connectivity index (χ3v) is 5.37. The maximum Gasteiger partial charge on any atom is 0.257 e. The van der Waals surface area contributed by atoms with Gasteiger partial charge in [-0.3, -0.25) is 4.79 Å². The minimum Gasteiger partial charge on any atom is -0.496 e. The van der Waals surface area contributed by atoms with Crippen LogP contribution in [-0.4, -0.2) is 42.7 Å². The number of rotatable bonds is 5. The zero-order valence-corrected chi connectivity index (χ0v) is 14.2. The molecular weight excluding hydrogens is 290 g/mol. The van der Waals surface area contributed by atoms with E-state index in [4.69, 9.17) is 4.74 Å². The lowest BCUT2D eigenvalue weighted by molar-refractivity contribution is 0.0194. The molecule has 2 fully saturated rings. The van der Waals surface area contributed by atoms with E-state index in [-0.39, 0.29) is 17.9 Å². The first-order valence-electron chi connectivity index (χ1n) is 8.62. The number of hydrogen-bond donors (Lipinski definition) is 1. The summed E-state index contributed by atoms with van der Waals surface area (Å²) >= 11 is 0. The Balaban J connectivity index is 1.82. The van der Waals surface area contributed by atoms with Gasteiger partial charge in [-0.05, 0) is 43.7 Å². The van der Waals surface area contributed by atoms with Crippen molar-refractivity contribution in [3.05, 3.63) is 29.3 Å². The minimum absolute atomic E-state index is 0.0354. The van der Waals surface area contributed by atoms with Gasteiger partial charge in [-0.2, -0.15) is 0 Å². The van der Waals surface area contributed by atoms with Crippen molar-refractivity contribution >= 4 is 5.91 Å². The van der Waals surface area contributed by atoms with Crippen LogP contribution in [0.1, 0.15) is 48.0 Å². The number of likely N-dealkylation sites (tertiary alicyclic amines) is 1. The molecule has 1 heterocycles. The lowest BCUT2D eigenvalue weighted by Crippen LogP contribution is -2.48. The van der Waals surface area contributed by atoms with Crippen molar-refractivity contribution in [3.8, 4) is 5.75 Å². The van der Waals surface area contributed by atoms with Gasteiger partial charge in [0.15, 0.2) is 0 Å². The normalized spacial score (nSPS) is 24.6. The summed E-state index contributed by atoms with van der Waals surface area (Å²) in [6.07, 6.45) is 5.60. The van der Waals surface area contributed by atoms with E-state index in [1.807, 2.05) is 30.0 Å². The Morgan fingerprint density at radius 2 is 2.22 bits per heavy atom. The van der Waals surface area contributed by atoms with Crippen LogP contribution in [0.5, 0.6) is 5.75 Å². The molecule has 4 nitrogen and oxygen atoms in total. The van der Waals surface area contributed by atoms with Crippen molar-refractivity contribution in [1.29, 1.82) is 0 Å². The first-order chi connectivity index (χ1) is 11.1. The molecule has 23 heavy (non-hydrogen) atoms. The summed E-state index contributed by atoms with van der Waals surface area (Å²) in [5.74, 6) is 1.43. The zero-order chi connectivity index (χ0) is 16.4. The Bertz CT molecular complexity index is 582. The lowest BCUT2D eigenvalue weighted by Gasteiger charge is -2.42. The molecule has 1 amide bonds. The molecule has 1 N–H and O–H groups in total. The average Bonchev–Trinajstić information content (AvgIpc) is 3.38. The quantitative estimate of drug-likeness (QED) is 0.908. The summed E-state index contributed by atoms with van der Waals surface area (Å²) in [6, 6.07) is 5.70. The number of benzene rings is 1. The van der Waals surface area contributed by atoms with Gasteiger partial charge in [0.05, 0.1) is 19.3 Å². The molecule has 1 saturated heterocycles. The van der Waals surface area contributed by atoms with Crippen LogP contribution < -0.4 is 4.74 Å². The number of aliphatic hydroxyl groups excluding tert-OH is 1. The van der Waals surface area contributed by atoms with Gasteiger partial charge in [0.2, 0.25) is 0 Å². The fraction of sp³-hybridized carbons (Fsp3) is 0.632. The van der Waals surface area contributed by atoms with E-state index >= 15 is 0 Å².